The second kappa shape index (κ2) is 5.47. The van der Waals surface area contributed by atoms with E-state index in [1.54, 1.807) is 6.07 Å². The lowest BCUT2D eigenvalue weighted by atomic mass is 10.1. The lowest BCUT2D eigenvalue weighted by Crippen LogP contribution is -2.44. The minimum Gasteiger partial charge on any atom is -0.377 e. The van der Waals surface area contributed by atoms with E-state index in [4.69, 9.17) is 4.74 Å². The SMILES string of the molecule is CNCc1c(F)cccc1N1CCOCC1C. The monoisotopic (exact) mass is 238 g/mol. The Kier molecular flexibility index (Phi) is 3.97. The average molecular weight is 238 g/mol. The van der Waals surface area contributed by atoms with Crippen molar-refractivity contribution < 1.29 is 9.13 Å². The van der Waals surface area contributed by atoms with Gasteiger partial charge >= 0.3 is 0 Å². The molecule has 0 saturated carbocycles. The molecule has 0 aromatic heterocycles. The fourth-order valence-electron chi connectivity index (χ4n) is 2.25. The molecule has 1 aliphatic rings. The molecule has 1 unspecified atom stereocenters. The van der Waals surface area contributed by atoms with Crippen LogP contribution in [0.5, 0.6) is 0 Å². The summed E-state index contributed by atoms with van der Waals surface area (Å²) in [6.07, 6.45) is 0. The Labute approximate surface area is 102 Å². The van der Waals surface area contributed by atoms with Gasteiger partial charge in [0.15, 0.2) is 0 Å². The van der Waals surface area contributed by atoms with E-state index in [-0.39, 0.29) is 5.82 Å². The first-order valence-electron chi connectivity index (χ1n) is 6.00. The van der Waals surface area contributed by atoms with Crippen LogP contribution in [0.15, 0.2) is 18.2 Å². The van der Waals surface area contributed by atoms with Crippen LogP contribution in [0.25, 0.3) is 0 Å². The van der Waals surface area contributed by atoms with Gasteiger partial charge in [0, 0.05) is 30.4 Å². The number of benzene rings is 1. The van der Waals surface area contributed by atoms with Crippen molar-refractivity contribution in [1.82, 2.24) is 5.32 Å². The predicted molar refractivity (Wildman–Crippen MR) is 66.8 cm³/mol. The molecule has 1 fully saturated rings. The van der Waals surface area contributed by atoms with Gasteiger partial charge in [-0.1, -0.05) is 6.07 Å². The van der Waals surface area contributed by atoms with Gasteiger partial charge in [-0.15, -0.1) is 0 Å². The lowest BCUT2D eigenvalue weighted by molar-refractivity contribution is 0.0988. The van der Waals surface area contributed by atoms with E-state index in [1.165, 1.54) is 6.07 Å². The Balaban J connectivity index is 2.32. The highest BCUT2D eigenvalue weighted by Crippen LogP contribution is 2.26. The third-order valence-corrected chi connectivity index (χ3v) is 3.12. The van der Waals surface area contributed by atoms with Crippen molar-refractivity contribution in [3.8, 4) is 0 Å². The summed E-state index contributed by atoms with van der Waals surface area (Å²) in [6.45, 7) is 4.88. The third kappa shape index (κ3) is 2.58. The number of halogens is 1. The molecule has 0 amide bonds. The molecule has 1 aromatic rings. The van der Waals surface area contributed by atoms with E-state index in [9.17, 15) is 4.39 Å². The van der Waals surface area contributed by atoms with Gasteiger partial charge in [-0.3, -0.25) is 0 Å². The minimum absolute atomic E-state index is 0.143. The first-order chi connectivity index (χ1) is 8.24. The number of hydrogen-bond acceptors (Lipinski definition) is 3. The van der Waals surface area contributed by atoms with Gasteiger partial charge in [0.25, 0.3) is 0 Å². The van der Waals surface area contributed by atoms with Gasteiger partial charge in [0.1, 0.15) is 5.82 Å². The Morgan fingerprint density at radius 2 is 2.35 bits per heavy atom. The average Bonchev–Trinajstić information content (AvgIpc) is 2.33. The number of hydrogen-bond donors (Lipinski definition) is 1. The van der Waals surface area contributed by atoms with Crippen molar-refractivity contribution in [3.63, 3.8) is 0 Å². The number of rotatable bonds is 3. The Morgan fingerprint density at radius 1 is 1.53 bits per heavy atom. The Bertz CT molecular complexity index is 384. The molecular formula is C13H19FN2O. The summed E-state index contributed by atoms with van der Waals surface area (Å²) < 4.78 is 19.2. The molecule has 1 heterocycles. The van der Waals surface area contributed by atoms with Crippen LogP contribution in [0.1, 0.15) is 12.5 Å². The Morgan fingerprint density at radius 3 is 3.06 bits per heavy atom. The zero-order valence-electron chi connectivity index (χ0n) is 10.4. The van der Waals surface area contributed by atoms with E-state index in [1.807, 2.05) is 13.1 Å². The summed E-state index contributed by atoms with van der Waals surface area (Å²) in [6, 6.07) is 5.56. The number of nitrogens with one attached hydrogen (secondary N) is 1. The third-order valence-electron chi connectivity index (χ3n) is 3.12. The maximum atomic E-state index is 13.8. The molecule has 0 aliphatic carbocycles. The fourth-order valence-corrected chi connectivity index (χ4v) is 2.25. The summed E-state index contributed by atoms with van der Waals surface area (Å²) in [5.41, 5.74) is 1.72. The summed E-state index contributed by atoms with van der Waals surface area (Å²) in [5.74, 6) is -0.143. The summed E-state index contributed by atoms with van der Waals surface area (Å²) >= 11 is 0. The van der Waals surface area contributed by atoms with E-state index in [0.29, 0.717) is 25.8 Å². The second-order valence-corrected chi connectivity index (χ2v) is 4.39. The summed E-state index contributed by atoms with van der Waals surface area (Å²) in [7, 11) is 1.83. The molecule has 0 bridgehead atoms. The van der Waals surface area contributed by atoms with Crippen LogP contribution in [-0.2, 0) is 11.3 Å². The summed E-state index contributed by atoms with van der Waals surface area (Å²) in [4.78, 5) is 2.22. The van der Waals surface area contributed by atoms with Crippen LogP contribution in [0.3, 0.4) is 0 Å². The lowest BCUT2D eigenvalue weighted by Gasteiger charge is -2.36. The minimum atomic E-state index is -0.143. The molecule has 2 rings (SSSR count). The molecule has 4 heteroatoms. The summed E-state index contributed by atoms with van der Waals surface area (Å²) in [5, 5.41) is 3.02. The predicted octanol–water partition coefficient (Wildman–Crippen LogP) is 1.77. The van der Waals surface area contributed by atoms with Gasteiger partial charge in [-0.25, -0.2) is 4.39 Å². The zero-order chi connectivity index (χ0) is 12.3. The molecule has 1 aliphatic heterocycles. The van der Waals surface area contributed by atoms with E-state index in [2.05, 4.69) is 17.1 Å². The van der Waals surface area contributed by atoms with E-state index in [0.717, 1.165) is 17.8 Å². The molecule has 17 heavy (non-hydrogen) atoms. The normalized spacial score (nSPS) is 20.6. The first kappa shape index (κ1) is 12.3. The number of anilines is 1. The van der Waals surface area contributed by atoms with Gasteiger partial charge in [-0.05, 0) is 26.1 Å². The van der Waals surface area contributed by atoms with Crippen LogP contribution in [0, 0.1) is 5.82 Å². The number of morpholine rings is 1. The molecule has 3 nitrogen and oxygen atoms in total. The van der Waals surface area contributed by atoms with Crippen LogP contribution in [0.4, 0.5) is 10.1 Å². The van der Waals surface area contributed by atoms with Gasteiger partial charge in [-0.2, -0.15) is 0 Å². The molecule has 1 aromatic carbocycles. The second-order valence-electron chi connectivity index (χ2n) is 4.39. The molecule has 94 valence electrons. The largest absolute Gasteiger partial charge is 0.377 e. The number of nitrogens with zero attached hydrogens (tertiary/aromatic N) is 1. The fraction of sp³-hybridized carbons (Fsp3) is 0.538. The maximum absolute atomic E-state index is 13.8. The van der Waals surface area contributed by atoms with Gasteiger partial charge in [0.2, 0.25) is 0 Å². The molecule has 1 N–H and O–H groups in total. The van der Waals surface area contributed by atoms with E-state index < -0.39 is 0 Å². The smallest absolute Gasteiger partial charge is 0.129 e. The highest BCUT2D eigenvalue weighted by Gasteiger charge is 2.22. The van der Waals surface area contributed by atoms with Crippen LogP contribution >= 0.6 is 0 Å². The highest BCUT2D eigenvalue weighted by molar-refractivity contribution is 5.55. The van der Waals surface area contributed by atoms with Crippen molar-refractivity contribution in [2.24, 2.45) is 0 Å². The zero-order valence-corrected chi connectivity index (χ0v) is 10.4. The van der Waals surface area contributed by atoms with Crippen LogP contribution in [0.2, 0.25) is 0 Å². The van der Waals surface area contributed by atoms with Crippen molar-refractivity contribution in [2.45, 2.75) is 19.5 Å². The van der Waals surface area contributed by atoms with Crippen LogP contribution in [-0.4, -0.2) is 32.8 Å². The van der Waals surface area contributed by atoms with Crippen molar-refractivity contribution >= 4 is 5.69 Å². The number of ether oxygens (including phenoxy) is 1. The van der Waals surface area contributed by atoms with Crippen molar-refractivity contribution in [3.05, 3.63) is 29.6 Å². The molecule has 0 spiro atoms. The highest BCUT2D eigenvalue weighted by atomic mass is 19.1. The Hall–Kier alpha value is -1.13. The van der Waals surface area contributed by atoms with E-state index >= 15 is 0 Å². The molecule has 0 radical (unpaired) electrons. The first-order valence-corrected chi connectivity index (χ1v) is 6.00. The molecule has 1 saturated heterocycles. The van der Waals surface area contributed by atoms with Gasteiger partial charge in [0.05, 0.1) is 13.2 Å². The van der Waals surface area contributed by atoms with Crippen LogP contribution < -0.4 is 10.2 Å². The topological polar surface area (TPSA) is 24.5 Å². The maximum Gasteiger partial charge on any atom is 0.129 e. The quantitative estimate of drug-likeness (QED) is 0.868. The molecular weight excluding hydrogens is 219 g/mol. The van der Waals surface area contributed by atoms with Crippen molar-refractivity contribution in [1.29, 1.82) is 0 Å². The van der Waals surface area contributed by atoms with Crippen molar-refractivity contribution in [2.75, 3.05) is 31.7 Å². The standard InChI is InChI=1S/C13H19FN2O/c1-10-9-17-7-6-16(10)13-5-3-4-12(14)11(13)8-15-2/h3-5,10,15H,6-9H2,1-2H3. The van der Waals surface area contributed by atoms with Gasteiger partial charge < -0.3 is 15.0 Å². The molecule has 1 atom stereocenters.